The number of aryl methyl sites for hydroxylation is 1. The molecule has 3 aliphatic rings. The number of fused-ring (bicyclic) bond motifs is 24. The zero-order chi connectivity index (χ0) is 96.5. The average Bonchev–Trinajstić information content (AvgIpc) is 1.54. The average molecular weight is 2450 g/mol. The number of furan rings is 1. The van der Waals surface area contributed by atoms with Gasteiger partial charge in [-0.25, -0.2) is 15.0 Å². The van der Waals surface area contributed by atoms with E-state index < -0.39 is 0 Å². The molecule has 0 aliphatic carbocycles. The van der Waals surface area contributed by atoms with Crippen molar-refractivity contribution in [3.63, 3.8) is 0 Å². The first-order valence-electron chi connectivity index (χ1n) is 47.8. The molecule has 0 saturated heterocycles. The number of ether oxygens (including phenoxy) is 3. The first-order chi connectivity index (χ1) is 68.9. The van der Waals surface area contributed by atoms with Gasteiger partial charge in [0.25, 0.3) is 0 Å². The van der Waals surface area contributed by atoms with E-state index in [1.54, 1.807) is 0 Å². The number of thiophene rings is 1. The van der Waals surface area contributed by atoms with Crippen molar-refractivity contribution in [1.29, 1.82) is 0 Å². The summed E-state index contributed by atoms with van der Waals surface area (Å²) in [5.41, 5.74) is 23.1. The van der Waals surface area contributed by atoms with Crippen LogP contribution >= 0.6 is 11.3 Å². The Balaban J connectivity index is 0.000000123. The van der Waals surface area contributed by atoms with Crippen LogP contribution in [0.25, 0.3) is 147 Å². The van der Waals surface area contributed by atoms with Crippen LogP contribution in [0.2, 0.25) is 0 Å². The third kappa shape index (κ3) is 16.6. The van der Waals surface area contributed by atoms with E-state index in [2.05, 4.69) is 418 Å². The normalized spacial score (nSPS) is 13.1. The molecular formula is C124H96N13O4Pt3S-9. The Morgan fingerprint density at radius 2 is 0.634 bits per heavy atom. The molecule has 0 radical (unpaired) electrons. The summed E-state index contributed by atoms with van der Waals surface area (Å²) in [5.74, 6) is 6.26. The standard InChI is InChI=1S/C42H34N5O.C41H31N4O2.C41H31N4OS.3Pt/c1-42(2,3)27-21-22-43-39(23-27)47-36-16-9-7-13-31(36)33-18-17-30(25-38(33)47)48-29-12-10-11-28(24-29)46-26-44(4)37-20-19-34-32-14-6-8-15-35(32)45(5)40(34)41(37)46;2*1-41(2,3)26-20-21-42-38(22-26)45-34-14-7-5-12-30(34)31-17-16-29(24-36(31)45)46-28-11-9-10-27(23-28)44-25-43(4)35-19-18-33-32-13-6-8-15-37(32)47-40(33)39(35)44;;;/h6-23,26H,1-5H3;2*5-22,25H,1-4H3;;;/q3*-3;;;. The molecular weight excluding hydrogens is 2350 g/mol. The summed E-state index contributed by atoms with van der Waals surface area (Å²) in [5, 5.41) is 14.0. The Kier molecular flexibility index (Phi) is 24.4. The van der Waals surface area contributed by atoms with Crippen molar-refractivity contribution in [1.82, 2.24) is 33.2 Å². The summed E-state index contributed by atoms with van der Waals surface area (Å²) in [6.45, 7) is 26.3. The van der Waals surface area contributed by atoms with E-state index in [4.69, 9.17) is 33.6 Å². The second-order valence-electron chi connectivity index (χ2n) is 39.8. The van der Waals surface area contributed by atoms with E-state index in [1.165, 1.54) is 70.0 Å². The van der Waals surface area contributed by atoms with Crippen molar-refractivity contribution in [3.8, 4) is 52.0 Å². The van der Waals surface area contributed by atoms with Gasteiger partial charge >= 0.3 is 0 Å². The number of rotatable bonds is 12. The van der Waals surface area contributed by atoms with Gasteiger partial charge in [-0.3, -0.25) is 0 Å². The Morgan fingerprint density at radius 1 is 0.297 bits per heavy atom. The zero-order valence-electron chi connectivity index (χ0n) is 81.7. The van der Waals surface area contributed by atoms with Crippen LogP contribution in [0.5, 0.6) is 34.5 Å². The van der Waals surface area contributed by atoms with E-state index in [0.717, 1.165) is 145 Å². The summed E-state index contributed by atoms with van der Waals surface area (Å²) in [7, 11) is 8.37. The van der Waals surface area contributed by atoms with Gasteiger partial charge in [0.2, 0.25) is 0 Å². The van der Waals surface area contributed by atoms with Crippen molar-refractivity contribution < 1.29 is 81.8 Å². The number of aromatic nitrogens is 7. The number of nitrogens with zero attached hydrogens (tertiary/aromatic N) is 13. The topological polar surface area (TPSA) is 119 Å². The van der Waals surface area contributed by atoms with E-state index in [-0.39, 0.29) is 79.4 Å². The summed E-state index contributed by atoms with van der Waals surface area (Å²) < 4.78 is 37.3. The molecule has 0 N–H and O–H groups in total. The Labute approximate surface area is 888 Å². The number of anilines is 9. The molecule has 0 fully saturated rings. The third-order valence-corrected chi connectivity index (χ3v) is 28.8. The minimum Gasteiger partial charge on any atom is -0.509 e. The van der Waals surface area contributed by atoms with Gasteiger partial charge < -0.3 is 66.3 Å². The fourth-order valence-corrected chi connectivity index (χ4v) is 21.8. The zero-order valence-corrected chi connectivity index (χ0v) is 89.3. The van der Waals surface area contributed by atoms with Gasteiger partial charge in [-0.05, 0) is 167 Å². The quantitative estimate of drug-likeness (QED) is 0.108. The fourth-order valence-electron chi connectivity index (χ4n) is 20.6. The fraction of sp³-hybridized carbons (Fsp3) is 0.129. The van der Waals surface area contributed by atoms with Crippen LogP contribution in [0.1, 0.15) is 79.0 Å². The third-order valence-electron chi connectivity index (χ3n) is 27.6. The van der Waals surface area contributed by atoms with Crippen LogP contribution in [-0.2, 0) is 86.5 Å². The molecule has 726 valence electrons. The molecule has 15 aromatic carbocycles. The Hall–Kier alpha value is -14.8. The van der Waals surface area contributed by atoms with Crippen LogP contribution in [0.15, 0.2) is 332 Å². The van der Waals surface area contributed by atoms with Crippen LogP contribution in [0, 0.1) is 56.4 Å². The predicted octanol–water partition coefficient (Wildman–Crippen LogP) is 31.6. The Morgan fingerprint density at radius 3 is 1.07 bits per heavy atom. The molecule has 21 heteroatoms. The molecule has 0 atom stereocenters. The molecule has 145 heavy (non-hydrogen) atoms. The minimum absolute atomic E-state index is 0. The second kappa shape index (κ2) is 37.1. The second-order valence-corrected chi connectivity index (χ2v) is 40.8. The summed E-state index contributed by atoms with van der Waals surface area (Å²) in [6, 6.07) is 128. The van der Waals surface area contributed by atoms with Crippen molar-refractivity contribution >= 4 is 192 Å². The number of para-hydroxylation sites is 5. The molecule has 12 heterocycles. The molecule has 17 nitrogen and oxygen atoms in total. The van der Waals surface area contributed by atoms with E-state index >= 15 is 0 Å². The van der Waals surface area contributed by atoms with Crippen LogP contribution in [0.4, 0.5) is 51.2 Å². The predicted molar refractivity (Wildman–Crippen MR) is 582 cm³/mol. The number of hydrogen-bond donors (Lipinski definition) is 0. The number of pyridine rings is 3. The SMILES string of the molecule is CN1[CH-]N(c2[c-]c(Oc3[c-]c4c(cc3)c3ccccc3n4-c3cc(C(C)(C)C)ccn3)ccc2)c2c1ccc1c2oc2ccccc21.CN1[CH-]N(c2[c-]c(Oc3[c-]c4c(cc3)c3ccccc3n4-c3cc(C(C)(C)C)ccn3)ccc2)c2c1ccc1c2sc2ccccc21.CN1[CH-]N(c2[c-]c(Oc3[c-]c4c(cc3)c3ccccc3n4-c3cc(C(C)(C)C)ccn3)ccc2)c2c1ccc1c3ccccc3n(C)c21.[Pt].[Pt].[Pt]. The van der Waals surface area contributed by atoms with Gasteiger partial charge in [0.1, 0.15) is 23.0 Å². The van der Waals surface area contributed by atoms with Gasteiger partial charge in [0.15, 0.2) is 5.58 Å². The number of hydrogen-bond acceptors (Lipinski definition) is 14. The maximum atomic E-state index is 6.52. The first kappa shape index (κ1) is 95.1. The monoisotopic (exact) mass is 2450 g/mol. The molecule has 27 rings (SSSR count). The van der Waals surface area contributed by atoms with Gasteiger partial charge in [-0.1, -0.05) is 200 Å². The summed E-state index contributed by atoms with van der Waals surface area (Å²) in [6.07, 6.45) is 5.68. The minimum atomic E-state index is -0.00639. The smallest absolute Gasteiger partial charge is 0.158 e. The van der Waals surface area contributed by atoms with Crippen LogP contribution in [0.3, 0.4) is 0 Å². The molecule has 24 aromatic rings. The maximum Gasteiger partial charge on any atom is 0.158 e. The van der Waals surface area contributed by atoms with Crippen molar-refractivity contribution in [2.45, 2.75) is 78.6 Å². The number of benzene rings is 15. The largest absolute Gasteiger partial charge is 0.509 e. The van der Waals surface area contributed by atoms with Gasteiger partial charge in [-0.15, -0.1) is 136 Å². The van der Waals surface area contributed by atoms with Crippen LogP contribution < -0.4 is 43.6 Å². The van der Waals surface area contributed by atoms with Crippen molar-refractivity contribution in [3.05, 3.63) is 401 Å². The van der Waals surface area contributed by atoms with Crippen molar-refractivity contribution in [2.24, 2.45) is 7.05 Å². The molecule has 0 amide bonds. The van der Waals surface area contributed by atoms with E-state index in [0.29, 0.717) is 34.5 Å². The Bertz CT molecular complexity index is 8900. The maximum absolute atomic E-state index is 6.52. The van der Waals surface area contributed by atoms with E-state index in [9.17, 15) is 0 Å². The van der Waals surface area contributed by atoms with E-state index in [1.807, 2.05) is 116 Å². The first-order valence-corrected chi connectivity index (χ1v) is 48.6. The molecule has 0 unspecified atom stereocenters. The summed E-state index contributed by atoms with van der Waals surface area (Å²) in [4.78, 5) is 27.4. The summed E-state index contributed by atoms with van der Waals surface area (Å²) >= 11 is 1.83. The van der Waals surface area contributed by atoms with Gasteiger partial charge in [0.05, 0.1) is 27.3 Å². The van der Waals surface area contributed by atoms with Gasteiger partial charge in [-0.2, -0.15) is 56.4 Å². The van der Waals surface area contributed by atoms with Gasteiger partial charge in [0, 0.05) is 199 Å². The molecule has 9 aromatic heterocycles. The molecule has 3 aliphatic heterocycles. The van der Waals surface area contributed by atoms with Crippen LogP contribution in [-0.4, -0.2) is 54.4 Å². The molecule has 0 spiro atoms. The van der Waals surface area contributed by atoms with Crippen molar-refractivity contribution in [2.75, 3.05) is 50.5 Å². The molecule has 0 bridgehead atoms. The molecule has 0 saturated carbocycles.